The lowest BCUT2D eigenvalue weighted by molar-refractivity contribution is 0.0698. The predicted octanol–water partition coefficient (Wildman–Crippen LogP) is 2.14. The van der Waals surface area contributed by atoms with Gasteiger partial charge < -0.3 is 5.11 Å². The summed E-state index contributed by atoms with van der Waals surface area (Å²) in [6.45, 7) is 0. The molecule has 0 bridgehead atoms. The molecular formula is C13H10N2O4S2. The van der Waals surface area contributed by atoms with E-state index in [1.54, 1.807) is 6.07 Å². The first-order valence-corrected chi connectivity index (χ1v) is 7.95. The fraction of sp³-hybridized carbons (Fsp3) is 0.0769. The Labute approximate surface area is 125 Å². The van der Waals surface area contributed by atoms with Gasteiger partial charge in [-0.05, 0) is 24.3 Å². The van der Waals surface area contributed by atoms with Crippen molar-refractivity contribution in [3.63, 3.8) is 0 Å². The Balaban J connectivity index is 2.51. The molecule has 6 nitrogen and oxygen atoms in total. The van der Waals surface area contributed by atoms with Crippen molar-refractivity contribution >= 4 is 33.0 Å². The number of sulfonamides is 1. The topological polar surface area (TPSA) is 98.5 Å². The van der Waals surface area contributed by atoms with E-state index in [-0.39, 0.29) is 20.3 Å². The number of benzene rings is 1. The van der Waals surface area contributed by atoms with E-state index >= 15 is 0 Å². The Morgan fingerprint density at radius 3 is 2.52 bits per heavy atom. The van der Waals surface area contributed by atoms with Crippen LogP contribution in [0.1, 0.15) is 15.2 Å². The molecule has 0 atom stereocenters. The lowest BCUT2D eigenvalue weighted by Gasteiger charge is -2.20. The van der Waals surface area contributed by atoms with Crippen molar-refractivity contribution in [2.45, 2.75) is 4.21 Å². The minimum Gasteiger partial charge on any atom is -0.478 e. The largest absolute Gasteiger partial charge is 0.478 e. The number of nitrogens with zero attached hydrogens (tertiary/aromatic N) is 2. The second kappa shape index (κ2) is 5.55. The predicted molar refractivity (Wildman–Crippen MR) is 78.0 cm³/mol. The number of para-hydroxylation sites is 1. The monoisotopic (exact) mass is 322 g/mol. The van der Waals surface area contributed by atoms with E-state index in [1.807, 2.05) is 6.07 Å². The quantitative estimate of drug-likeness (QED) is 0.930. The molecule has 0 aliphatic carbocycles. The molecule has 0 spiro atoms. The van der Waals surface area contributed by atoms with Gasteiger partial charge in [-0.1, -0.05) is 12.1 Å². The van der Waals surface area contributed by atoms with Crippen LogP contribution in [-0.2, 0) is 10.0 Å². The van der Waals surface area contributed by atoms with E-state index < -0.39 is 16.0 Å². The average molecular weight is 322 g/mol. The van der Waals surface area contributed by atoms with Crippen molar-refractivity contribution in [2.75, 3.05) is 11.4 Å². The van der Waals surface area contributed by atoms with E-state index in [2.05, 4.69) is 0 Å². The summed E-state index contributed by atoms with van der Waals surface area (Å²) in [4.78, 5) is 11.4. The summed E-state index contributed by atoms with van der Waals surface area (Å²) in [5, 5.41) is 17.9. The molecule has 2 aromatic rings. The normalized spacial score (nSPS) is 10.9. The van der Waals surface area contributed by atoms with Crippen molar-refractivity contribution in [3.8, 4) is 6.07 Å². The molecule has 0 fully saturated rings. The third kappa shape index (κ3) is 2.74. The lowest BCUT2D eigenvalue weighted by atomic mass is 10.2. The highest BCUT2D eigenvalue weighted by Gasteiger charge is 2.26. The Kier molecular flexibility index (Phi) is 3.97. The fourth-order valence-electron chi connectivity index (χ4n) is 1.71. The number of carboxylic acids is 1. The summed E-state index contributed by atoms with van der Waals surface area (Å²) in [5.41, 5.74) is -0.0439. The van der Waals surface area contributed by atoms with Gasteiger partial charge in [0.25, 0.3) is 10.0 Å². The van der Waals surface area contributed by atoms with Gasteiger partial charge in [0.15, 0.2) is 0 Å². The van der Waals surface area contributed by atoms with Crippen molar-refractivity contribution in [3.05, 3.63) is 46.8 Å². The number of nitriles is 1. The van der Waals surface area contributed by atoms with E-state index in [1.165, 1.54) is 37.4 Å². The first-order chi connectivity index (χ1) is 9.87. The SMILES string of the molecule is CN(c1ccccc1C(=O)O)S(=O)(=O)c1ccc(C#N)s1. The van der Waals surface area contributed by atoms with E-state index in [0.29, 0.717) is 0 Å². The van der Waals surface area contributed by atoms with Crippen LogP contribution >= 0.6 is 11.3 Å². The molecule has 21 heavy (non-hydrogen) atoms. The molecule has 0 saturated carbocycles. The number of hydrogen-bond acceptors (Lipinski definition) is 5. The number of anilines is 1. The van der Waals surface area contributed by atoms with Crippen LogP contribution in [0.4, 0.5) is 5.69 Å². The molecule has 0 amide bonds. The number of hydrogen-bond donors (Lipinski definition) is 1. The van der Waals surface area contributed by atoms with Crippen LogP contribution in [-0.4, -0.2) is 26.5 Å². The first kappa shape index (κ1) is 15.0. The molecule has 0 saturated heterocycles. The molecule has 0 aliphatic rings. The van der Waals surface area contributed by atoms with Crippen LogP contribution in [0.2, 0.25) is 0 Å². The summed E-state index contributed by atoms with van der Waals surface area (Å²) in [6.07, 6.45) is 0. The minimum atomic E-state index is -3.90. The van der Waals surface area contributed by atoms with Gasteiger partial charge in [-0.25, -0.2) is 13.2 Å². The van der Waals surface area contributed by atoms with Gasteiger partial charge in [-0.15, -0.1) is 11.3 Å². The smallest absolute Gasteiger partial charge is 0.337 e. The zero-order chi connectivity index (χ0) is 15.6. The van der Waals surface area contributed by atoms with Gasteiger partial charge in [0, 0.05) is 7.05 Å². The van der Waals surface area contributed by atoms with Crippen LogP contribution in [0.3, 0.4) is 0 Å². The van der Waals surface area contributed by atoms with E-state index in [0.717, 1.165) is 15.6 Å². The van der Waals surface area contributed by atoms with E-state index in [4.69, 9.17) is 10.4 Å². The van der Waals surface area contributed by atoms with Gasteiger partial charge in [-0.2, -0.15) is 5.26 Å². The maximum Gasteiger partial charge on any atom is 0.337 e. The summed E-state index contributed by atoms with van der Waals surface area (Å²) in [7, 11) is -2.62. The molecule has 8 heteroatoms. The molecule has 1 aromatic carbocycles. The Hall–Kier alpha value is -2.37. The van der Waals surface area contributed by atoms with Gasteiger partial charge in [0.05, 0.1) is 11.3 Å². The van der Waals surface area contributed by atoms with Crippen LogP contribution in [0, 0.1) is 11.3 Å². The van der Waals surface area contributed by atoms with Gasteiger partial charge in [0.1, 0.15) is 15.2 Å². The Morgan fingerprint density at radius 2 is 1.95 bits per heavy atom. The fourth-order valence-corrected chi connectivity index (χ4v) is 4.20. The highest BCUT2D eigenvalue weighted by Crippen LogP contribution is 2.29. The standard InChI is InChI=1S/C13H10N2O4S2/c1-15(11-5-3-2-4-10(11)13(16)17)21(18,19)12-7-6-9(8-14)20-12/h2-7H,1H3,(H,16,17). The molecule has 1 heterocycles. The number of thiophene rings is 1. The molecule has 0 unspecified atom stereocenters. The maximum absolute atomic E-state index is 12.5. The van der Waals surface area contributed by atoms with Crippen molar-refractivity contribution in [1.82, 2.24) is 0 Å². The second-order valence-corrected chi connectivity index (χ2v) is 7.31. The van der Waals surface area contributed by atoms with Gasteiger partial charge in [-0.3, -0.25) is 4.31 Å². The van der Waals surface area contributed by atoms with Crippen LogP contribution < -0.4 is 4.31 Å². The molecule has 1 N–H and O–H groups in total. The summed E-state index contributed by atoms with van der Waals surface area (Å²) >= 11 is 0.839. The average Bonchev–Trinajstić information content (AvgIpc) is 2.96. The number of carboxylic acid groups (broad SMARTS) is 1. The van der Waals surface area contributed by atoms with Crippen molar-refractivity contribution in [1.29, 1.82) is 5.26 Å². The molecule has 1 aromatic heterocycles. The third-order valence-electron chi connectivity index (χ3n) is 2.78. The summed E-state index contributed by atoms with van der Waals surface area (Å²) in [6, 6.07) is 10.4. The van der Waals surface area contributed by atoms with Crippen LogP contribution in [0.5, 0.6) is 0 Å². The molecule has 108 valence electrons. The zero-order valence-electron chi connectivity index (χ0n) is 10.8. The van der Waals surface area contributed by atoms with Crippen molar-refractivity contribution < 1.29 is 18.3 Å². The molecule has 2 rings (SSSR count). The van der Waals surface area contributed by atoms with Crippen molar-refractivity contribution in [2.24, 2.45) is 0 Å². The minimum absolute atomic E-state index is 0.0123. The summed E-state index contributed by atoms with van der Waals surface area (Å²) in [5.74, 6) is -1.21. The Bertz CT molecular complexity index is 834. The van der Waals surface area contributed by atoms with E-state index in [9.17, 15) is 13.2 Å². The highest BCUT2D eigenvalue weighted by atomic mass is 32.2. The molecular weight excluding hydrogens is 312 g/mol. The number of rotatable bonds is 4. The number of carbonyl (C=O) groups is 1. The van der Waals surface area contributed by atoms with Crippen LogP contribution in [0.15, 0.2) is 40.6 Å². The lowest BCUT2D eigenvalue weighted by Crippen LogP contribution is -2.27. The second-order valence-electron chi connectivity index (χ2n) is 4.03. The third-order valence-corrected chi connectivity index (χ3v) is 6.01. The van der Waals surface area contributed by atoms with Gasteiger partial charge >= 0.3 is 5.97 Å². The number of aromatic carboxylic acids is 1. The van der Waals surface area contributed by atoms with Gasteiger partial charge in [0.2, 0.25) is 0 Å². The Morgan fingerprint density at radius 1 is 1.29 bits per heavy atom. The molecule has 0 aliphatic heterocycles. The van der Waals surface area contributed by atoms with Crippen LogP contribution in [0.25, 0.3) is 0 Å². The molecule has 0 radical (unpaired) electrons. The highest BCUT2D eigenvalue weighted by molar-refractivity contribution is 7.94. The maximum atomic E-state index is 12.5. The summed E-state index contributed by atoms with van der Waals surface area (Å²) < 4.78 is 25.8. The first-order valence-electron chi connectivity index (χ1n) is 5.69. The zero-order valence-corrected chi connectivity index (χ0v) is 12.5.